The Kier molecular flexibility index (Phi) is 4.78. The molecule has 2 N–H and O–H groups in total. The van der Waals surface area contributed by atoms with Crippen molar-refractivity contribution in [2.75, 3.05) is 26.3 Å². The first-order chi connectivity index (χ1) is 11.9. The summed E-state index contributed by atoms with van der Waals surface area (Å²) in [6.45, 7) is 4.93. The lowest BCUT2D eigenvalue weighted by Gasteiger charge is -2.24. The number of nitrogens with two attached hydrogens (primary N) is 1. The summed E-state index contributed by atoms with van der Waals surface area (Å²) < 4.78 is 38.1. The summed E-state index contributed by atoms with van der Waals surface area (Å²) in [5, 5.41) is 3.90. The summed E-state index contributed by atoms with van der Waals surface area (Å²) in [6.07, 6.45) is 0. The van der Waals surface area contributed by atoms with E-state index < -0.39 is 15.9 Å². The fraction of sp³-hybridized carbons (Fsp3) is 0.467. The van der Waals surface area contributed by atoms with E-state index in [1.165, 1.54) is 21.1 Å². The van der Waals surface area contributed by atoms with Gasteiger partial charge in [0.05, 0.1) is 18.9 Å². The highest BCUT2D eigenvalue weighted by atomic mass is 32.2. The Morgan fingerprint density at radius 1 is 1.28 bits per heavy atom. The Morgan fingerprint density at radius 2 is 1.96 bits per heavy atom. The molecule has 0 spiro atoms. The summed E-state index contributed by atoms with van der Waals surface area (Å²) >= 11 is 0. The topological polar surface area (TPSA) is 121 Å². The Balaban J connectivity index is 1.90. The predicted octanol–water partition coefficient (Wildman–Crippen LogP) is 0.261. The molecular formula is C15H20N4O5S. The van der Waals surface area contributed by atoms with Crippen molar-refractivity contribution in [3.63, 3.8) is 0 Å². The third-order valence-electron chi connectivity index (χ3n) is 4.19. The number of sulfonamides is 1. The molecule has 25 heavy (non-hydrogen) atoms. The zero-order chi connectivity index (χ0) is 18.2. The fourth-order valence-electron chi connectivity index (χ4n) is 2.76. The normalized spacial score (nSPS) is 16.3. The first-order valence-electron chi connectivity index (χ1n) is 7.84. The van der Waals surface area contributed by atoms with Crippen LogP contribution in [0.3, 0.4) is 0 Å². The molecule has 0 bridgehead atoms. The molecule has 136 valence electrons. The third-order valence-corrected chi connectivity index (χ3v) is 5.97. The highest BCUT2D eigenvalue weighted by Crippen LogP contribution is 2.21. The number of rotatable bonds is 4. The van der Waals surface area contributed by atoms with Crippen molar-refractivity contribution in [2.45, 2.75) is 25.5 Å². The van der Waals surface area contributed by atoms with Crippen LogP contribution in [0.15, 0.2) is 21.6 Å². The molecule has 0 radical (unpaired) electrons. The monoisotopic (exact) mass is 368 g/mol. The fourth-order valence-corrected chi connectivity index (χ4v) is 4.08. The van der Waals surface area contributed by atoms with Crippen LogP contribution in [0, 0.1) is 13.8 Å². The number of hydrogen-bond acceptors (Lipinski definition) is 7. The van der Waals surface area contributed by atoms with Gasteiger partial charge in [-0.15, -0.1) is 0 Å². The van der Waals surface area contributed by atoms with Crippen LogP contribution >= 0.6 is 0 Å². The maximum Gasteiger partial charge on any atom is 0.314 e. The van der Waals surface area contributed by atoms with Crippen LogP contribution in [-0.4, -0.2) is 54.7 Å². The van der Waals surface area contributed by atoms with Crippen molar-refractivity contribution < 1.29 is 22.4 Å². The van der Waals surface area contributed by atoms with Crippen LogP contribution in [0.1, 0.15) is 27.5 Å². The zero-order valence-corrected chi connectivity index (χ0v) is 14.9. The number of hydrogen-bond donors (Lipinski definition) is 1. The molecule has 0 saturated carbocycles. The van der Waals surface area contributed by atoms with Crippen molar-refractivity contribution in [1.82, 2.24) is 14.1 Å². The van der Waals surface area contributed by atoms with Gasteiger partial charge in [0.15, 0.2) is 5.76 Å². The van der Waals surface area contributed by atoms with Gasteiger partial charge in [0.1, 0.15) is 0 Å². The largest absolute Gasteiger partial charge is 0.438 e. The van der Waals surface area contributed by atoms with Crippen molar-refractivity contribution in [3.05, 3.63) is 34.8 Å². The molecule has 0 unspecified atom stereocenters. The molecule has 0 atom stereocenters. The lowest BCUT2D eigenvalue weighted by molar-refractivity contribution is 0.0722. The SMILES string of the molecule is Cc1nn(C(=O)c2ccc(S(=O)(=O)N3CCOCC3)o2)c(C)c1CN. The quantitative estimate of drug-likeness (QED) is 0.822. The number of aromatic nitrogens is 2. The highest BCUT2D eigenvalue weighted by molar-refractivity contribution is 7.89. The number of aryl methyl sites for hydroxylation is 1. The van der Waals surface area contributed by atoms with E-state index in [1.807, 2.05) is 0 Å². The third kappa shape index (κ3) is 3.13. The molecule has 2 aromatic rings. The Hall–Kier alpha value is -2.01. The Labute approximate surface area is 145 Å². The Morgan fingerprint density at radius 3 is 2.56 bits per heavy atom. The van der Waals surface area contributed by atoms with Gasteiger partial charge in [-0.2, -0.15) is 14.1 Å². The van der Waals surface area contributed by atoms with E-state index in [4.69, 9.17) is 14.9 Å². The number of carbonyl (C=O) groups is 1. The first kappa shape index (κ1) is 17.8. The average Bonchev–Trinajstić information content (AvgIpc) is 3.20. The molecule has 1 aliphatic heterocycles. The molecule has 0 amide bonds. The van der Waals surface area contributed by atoms with Gasteiger partial charge in [0.2, 0.25) is 5.09 Å². The number of nitrogens with zero attached hydrogens (tertiary/aromatic N) is 3. The van der Waals surface area contributed by atoms with Gasteiger partial charge in [0.25, 0.3) is 10.0 Å². The van der Waals surface area contributed by atoms with Crippen LogP contribution < -0.4 is 5.73 Å². The number of morpholine rings is 1. The van der Waals surface area contributed by atoms with Gasteiger partial charge in [-0.05, 0) is 26.0 Å². The zero-order valence-electron chi connectivity index (χ0n) is 14.1. The summed E-state index contributed by atoms with van der Waals surface area (Å²) in [5.74, 6) is -0.635. The van der Waals surface area contributed by atoms with E-state index in [2.05, 4.69) is 5.10 Å². The van der Waals surface area contributed by atoms with Gasteiger partial charge in [-0.1, -0.05) is 0 Å². The molecule has 3 rings (SSSR count). The second-order valence-electron chi connectivity index (χ2n) is 5.71. The molecule has 10 heteroatoms. The maximum atomic E-state index is 12.6. The molecular weight excluding hydrogens is 348 g/mol. The van der Waals surface area contributed by atoms with E-state index in [1.54, 1.807) is 13.8 Å². The number of ether oxygens (including phenoxy) is 1. The van der Waals surface area contributed by atoms with E-state index in [9.17, 15) is 13.2 Å². The molecule has 1 aliphatic rings. The second kappa shape index (κ2) is 6.71. The molecule has 0 aromatic carbocycles. The minimum Gasteiger partial charge on any atom is -0.438 e. The average molecular weight is 368 g/mol. The van der Waals surface area contributed by atoms with Gasteiger partial charge in [-0.25, -0.2) is 8.42 Å². The molecule has 1 fully saturated rings. The number of carbonyl (C=O) groups excluding carboxylic acids is 1. The molecule has 0 aliphatic carbocycles. The van der Waals surface area contributed by atoms with Crippen LogP contribution in [-0.2, 0) is 21.3 Å². The van der Waals surface area contributed by atoms with Crippen molar-refractivity contribution in [2.24, 2.45) is 5.73 Å². The summed E-state index contributed by atoms with van der Waals surface area (Å²) in [7, 11) is -3.79. The smallest absolute Gasteiger partial charge is 0.314 e. The van der Waals surface area contributed by atoms with E-state index in [0.717, 1.165) is 5.56 Å². The minimum absolute atomic E-state index is 0.0963. The van der Waals surface area contributed by atoms with Gasteiger partial charge >= 0.3 is 5.91 Å². The van der Waals surface area contributed by atoms with E-state index in [-0.39, 0.29) is 30.5 Å². The van der Waals surface area contributed by atoms with Crippen LogP contribution in [0.4, 0.5) is 0 Å². The Bertz CT molecular complexity index is 893. The summed E-state index contributed by atoms with van der Waals surface area (Å²) in [6, 6.07) is 2.63. The van der Waals surface area contributed by atoms with E-state index >= 15 is 0 Å². The second-order valence-corrected chi connectivity index (χ2v) is 7.57. The van der Waals surface area contributed by atoms with Gasteiger partial charge in [0, 0.05) is 30.9 Å². The molecule has 3 heterocycles. The van der Waals surface area contributed by atoms with Crippen molar-refractivity contribution >= 4 is 15.9 Å². The molecule has 2 aromatic heterocycles. The van der Waals surface area contributed by atoms with Gasteiger partial charge in [-0.3, -0.25) is 4.79 Å². The highest BCUT2D eigenvalue weighted by Gasteiger charge is 2.30. The first-order valence-corrected chi connectivity index (χ1v) is 9.28. The lowest BCUT2D eigenvalue weighted by atomic mass is 10.2. The van der Waals surface area contributed by atoms with Crippen LogP contribution in [0.25, 0.3) is 0 Å². The number of furan rings is 1. The maximum absolute atomic E-state index is 12.6. The lowest BCUT2D eigenvalue weighted by Crippen LogP contribution is -2.40. The predicted molar refractivity (Wildman–Crippen MR) is 87.6 cm³/mol. The van der Waals surface area contributed by atoms with Crippen molar-refractivity contribution in [1.29, 1.82) is 0 Å². The van der Waals surface area contributed by atoms with Gasteiger partial charge < -0.3 is 14.9 Å². The van der Waals surface area contributed by atoms with Crippen molar-refractivity contribution in [3.8, 4) is 0 Å². The van der Waals surface area contributed by atoms with Crippen LogP contribution in [0.2, 0.25) is 0 Å². The van der Waals surface area contributed by atoms with E-state index in [0.29, 0.717) is 24.6 Å². The minimum atomic E-state index is -3.79. The summed E-state index contributed by atoms with van der Waals surface area (Å²) in [4.78, 5) is 12.6. The molecule has 9 nitrogen and oxygen atoms in total. The summed E-state index contributed by atoms with van der Waals surface area (Å²) in [5.41, 5.74) is 7.71. The molecule has 1 saturated heterocycles. The standard InChI is InChI=1S/C15H20N4O5S/c1-10-12(9-16)11(2)19(17-10)15(20)13-3-4-14(24-13)25(21,22)18-5-7-23-8-6-18/h3-4H,5-9,16H2,1-2H3. The van der Waals surface area contributed by atoms with Crippen LogP contribution in [0.5, 0.6) is 0 Å².